The van der Waals surface area contributed by atoms with Crippen LogP contribution in [0, 0.1) is 23.7 Å². The van der Waals surface area contributed by atoms with E-state index in [1.807, 2.05) is 6.92 Å². The molecule has 6 heteroatoms. The van der Waals surface area contributed by atoms with E-state index in [1.165, 1.54) is 0 Å². The first-order valence-electron chi connectivity index (χ1n) is 7.57. The van der Waals surface area contributed by atoms with Crippen molar-refractivity contribution in [2.45, 2.75) is 45.3 Å². The largest absolute Gasteiger partial charge is 0.462 e. The minimum Gasteiger partial charge on any atom is -0.462 e. The first kappa shape index (κ1) is 14.4. The van der Waals surface area contributed by atoms with Gasteiger partial charge in [-0.05, 0) is 19.3 Å². The van der Waals surface area contributed by atoms with Gasteiger partial charge in [0, 0.05) is 11.8 Å². The highest BCUT2D eigenvalue weighted by molar-refractivity contribution is 5.80. The van der Waals surface area contributed by atoms with Crippen molar-refractivity contribution < 1.29 is 28.6 Å². The van der Waals surface area contributed by atoms with Gasteiger partial charge in [0.25, 0.3) is 0 Å². The van der Waals surface area contributed by atoms with Crippen LogP contribution < -0.4 is 0 Å². The molecule has 6 unspecified atom stereocenters. The monoisotopic (exact) mass is 296 g/mol. The molecule has 2 bridgehead atoms. The molecule has 0 N–H and O–H groups in total. The first-order valence-corrected chi connectivity index (χ1v) is 7.57. The summed E-state index contributed by atoms with van der Waals surface area (Å²) in [5, 5.41) is 0. The third-order valence-corrected chi connectivity index (χ3v) is 5.02. The number of hydrogen-bond donors (Lipinski definition) is 0. The Balaban J connectivity index is 1.52. The lowest BCUT2D eigenvalue weighted by Crippen LogP contribution is -2.36. The Labute approximate surface area is 123 Å². The number of ether oxygens (including phenoxy) is 3. The van der Waals surface area contributed by atoms with Crippen LogP contribution in [0.4, 0.5) is 0 Å². The highest BCUT2D eigenvalue weighted by Crippen LogP contribution is 2.55. The lowest BCUT2D eigenvalue weighted by atomic mass is 9.87. The van der Waals surface area contributed by atoms with Gasteiger partial charge in [0.15, 0.2) is 6.61 Å². The second kappa shape index (κ2) is 5.31. The number of rotatable bonds is 5. The zero-order valence-corrected chi connectivity index (χ0v) is 12.2. The van der Waals surface area contributed by atoms with Gasteiger partial charge >= 0.3 is 17.9 Å². The number of carbonyl (C=O) groups excluding carboxylic acids is 3. The molecule has 0 spiro atoms. The quantitative estimate of drug-likeness (QED) is 0.558. The van der Waals surface area contributed by atoms with Gasteiger partial charge in [0.2, 0.25) is 0 Å². The van der Waals surface area contributed by atoms with Crippen molar-refractivity contribution in [3.05, 3.63) is 0 Å². The Morgan fingerprint density at radius 1 is 1.38 bits per heavy atom. The van der Waals surface area contributed by atoms with E-state index < -0.39 is 18.0 Å². The van der Waals surface area contributed by atoms with Gasteiger partial charge in [0.05, 0.1) is 5.92 Å². The summed E-state index contributed by atoms with van der Waals surface area (Å²) in [6, 6.07) is 0. The highest BCUT2D eigenvalue weighted by atomic mass is 16.6. The summed E-state index contributed by atoms with van der Waals surface area (Å²) in [4.78, 5) is 35.1. The second-order valence-corrected chi connectivity index (χ2v) is 6.27. The third-order valence-electron chi connectivity index (χ3n) is 5.02. The van der Waals surface area contributed by atoms with Gasteiger partial charge in [0.1, 0.15) is 18.1 Å². The minimum absolute atomic E-state index is 0.0192. The van der Waals surface area contributed by atoms with Crippen molar-refractivity contribution in [3.63, 3.8) is 0 Å². The molecule has 2 saturated carbocycles. The van der Waals surface area contributed by atoms with Crippen LogP contribution in [-0.2, 0) is 28.6 Å². The predicted molar refractivity (Wildman–Crippen MR) is 69.9 cm³/mol. The molecule has 116 valence electrons. The minimum atomic E-state index is -0.583. The summed E-state index contributed by atoms with van der Waals surface area (Å²) >= 11 is 0. The van der Waals surface area contributed by atoms with E-state index in [0.717, 1.165) is 12.8 Å². The first-order chi connectivity index (χ1) is 10.0. The Bertz CT molecular complexity index is 471. The van der Waals surface area contributed by atoms with Crippen LogP contribution in [0.25, 0.3) is 0 Å². The van der Waals surface area contributed by atoms with Gasteiger partial charge in [-0.25, -0.2) is 4.79 Å². The number of fused-ring (bicyclic) bond motifs is 1. The van der Waals surface area contributed by atoms with E-state index in [2.05, 4.69) is 0 Å². The Kier molecular flexibility index (Phi) is 3.63. The number of hydrogen-bond acceptors (Lipinski definition) is 6. The molecule has 3 rings (SSSR count). The molecule has 21 heavy (non-hydrogen) atoms. The van der Waals surface area contributed by atoms with Crippen LogP contribution in [0.2, 0.25) is 0 Å². The fourth-order valence-corrected chi connectivity index (χ4v) is 3.72. The van der Waals surface area contributed by atoms with Crippen molar-refractivity contribution in [2.75, 3.05) is 6.61 Å². The van der Waals surface area contributed by atoms with Gasteiger partial charge in [-0.1, -0.05) is 13.8 Å². The topological polar surface area (TPSA) is 78.9 Å². The maximum absolute atomic E-state index is 11.8. The van der Waals surface area contributed by atoms with E-state index in [9.17, 15) is 14.4 Å². The lowest BCUT2D eigenvalue weighted by Gasteiger charge is -2.24. The molecule has 1 aliphatic heterocycles. The van der Waals surface area contributed by atoms with Crippen molar-refractivity contribution in [3.8, 4) is 0 Å². The summed E-state index contributed by atoms with van der Waals surface area (Å²) in [6.07, 6.45) is 1.93. The SMILES string of the molecule is CCC(C)C(=O)OCC(=O)OC1C2CC3OC(=O)C1C3C2. The highest BCUT2D eigenvalue weighted by Gasteiger charge is 2.63. The van der Waals surface area contributed by atoms with E-state index in [-0.39, 0.29) is 42.4 Å². The average Bonchev–Trinajstić information content (AvgIpc) is 3.06. The normalized spacial score (nSPS) is 37.2. The fourth-order valence-electron chi connectivity index (χ4n) is 3.72. The maximum Gasteiger partial charge on any atom is 0.344 e. The van der Waals surface area contributed by atoms with Crippen LogP contribution >= 0.6 is 0 Å². The summed E-state index contributed by atoms with van der Waals surface area (Å²) < 4.78 is 15.6. The number of carbonyl (C=O) groups is 3. The molecule has 1 heterocycles. The molecule has 0 radical (unpaired) electrons. The smallest absolute Gasteiger partial charge is 0.344 e. The van der Waals surface area contributed by atoms with Crippen LogP contribution in [0.1, 0.15) is 33.1 Å². The van der Waals surface area contributed by atoms with Crippen LogP contribution in [-0.4, -0.2) is 36.7 Å². The van der Waals surface area contributed by atoms with Crippen molar-refractivity contribution >= 4 is 17.9 Å². The summed E-state index contributed by atoms with van der Waals surface area (Å²) in [7, 11) is 0. The van der Waals surface area contributed by atoms with Crippen molar-refractivity contribution in [2.24, 2.45) is 23.7 Å². The number of esters is 3. The van der Waals surface area contributed by atoms with Gasteiger partial charge in [-0.2, -0.15) is 0 Å². The van der Waals surface area contributed by atoms with Crippen molar-refractivity contribution in [1.29, 1.82) is 0 Å². The molecule has 1 saturated heterocycles. The molecular formula is C15H20O6. The average molecular weight is 296 g/mol. The third kappa shape index (κ3) is 2.40. The molecule has 2 aliphatic carbocycles. The molecule has 0 aromatic heterocycles. The zero-order valence-electron chi connectivity index (χ0n) is 12.2. The van der Waals surface area contributed by atoms with Crippen LogP contribution in [0.3, 0.4) is 0 Å². The van der Waals surface area contributed by atoms with Crippen LogP contribution in [0.15, 0.2) is 0 Å². The molecular weight excluding hydrogens is 276 g/mol. The van der Waals surface area contributed by atoms with Gasteiger partial charge in [-0.3, -0.25) is 9.59 Å². The van der Waals surface area contributed by atoms with E-state index in [1.54, 1.807) is 6.92 Å². The molecule has 0 aromatic carbocycles. The molecule has 0 aromatic rings. The summed E-state index contributed by atoms with van der Waals surface area (Å²) in [5.41, 5.74) is 0. The van der Waals surface area contributed by atoms with Crippen molar-refractivity contribution in [1.82, 2.24) is 0 Å². The second-order valence-electron chi connectivity index (χ2n) is 6.27. The molecule has 3 aliphatic rings. The Morgan fingerprint density at radius 3 is 2.86 bits per heavy atom. The fraction of sp³-hybridized carbons (Fsp3) is 0.800. The summed E-state index contributed by atoms with van der Waals surface area (Å²) in [6.45, 7) is 3.24. The predicted octanol–water partition coefficient (Wildman–Crippen LogP) is 1.07. The molecule has 6 nitrogen and oxygen atoms in total. The van der Waals surface area contributed by atoms with Gasteiger partial charge < -0.3 is 14.2 Å². The lowest BCUT2D eigenvalue weighted by molar-refractivity contribution is -0.168. The Morgan fingerprint density at radius 2 is 2.14 bits per heavy atom. The van der Waals surface area contributed by atoms with Crippen LogP contribution in [0.5, 0.6) is 0 Å². The standard InChI is InChI=1S/C15H20O6/c1-3-7(2)14(17)19-6-11(16)21-13-8-4-9-10(5-8)20-15(18)12(9)13/h7-10,12-13H,3-6H2,1-2H3. The Hall–Kier alpha value is -1.59. The molecule has 0 amide bonds. The van der Waals surface area contributed by atoms with Gasteiger partial charge in [-0.15, -0.1) is 0 Å². The molecule has 3 fully saturated rings. The maximum atomic E-state index is 11.8. The van der Waals surface area contributed by atoms with E-state index in [4.69, 9.17) is 14.2 Å². The summed E-state index contributed by atoms with van der Waals surface area (Å²) in [5.74, 6) is -1.38. The van der Waals surface area contributed by atoms with E-state index >= 15 is 0 Å². The zero-order chi connectivity index (χ0) is 15.1. The van der Waals surface area contributed by atoms with E-state index in [0.29, 0.717) is 6.42 Å². The molecule has 6 atom stereocenters.